The number of anilines is 1. The third-order valence-electron chi connectivity index (χ3n) is 5.29. The third kappa shape index (κ3) is 4.81. The number of benzene rings is 2. The number of carbonyl (C=O) groups excluding carboxylic acids is 1. The van der Waals surface area contributed by atoms with Gasteiger partial charge in [0.1, 0.15) is 5.75 Å². The van der Waals surface area contributed by atoms with Crippen molar-refractivity contribution in [3.63, 3.8) is 0 Å². The van der Waals surface area contributed by atoms with Gasteiger partial charge < -0.3 is 14.2 Å². The molecule has 0 fully saturated rings. The summed E-state index contributed by atoms with van der Waals surface area (Å²) in [5.74, 6) is 1.96. The highest BCUT2D eigenvalue weighted by Crippen LogP contribution is 2.33. The highest BCUT2D eigenvalue weighted by Gasteiger charge is 2.20. The zero-order valence-electron chi connectivity index (χ0n) is 17.8. The van der Waals surface area contributed by atoms with Gasteiger partial charge in [-0.1, -0.05) is 6.07 Å². The fourth-order valence-electron chi connectivity index (χ4n) is 3.68. The van der Waals surface area contributed by atoms with Crippen molar-refractivity contribution in [3.05, 3.63) is 64.2 Å². The highest BCUT2D eigenvalue weighted by molar-refractivity contribution is 7.14. The van der Waals surface area contributed by atoms with E-state index in [2.05, 4.69) is 27.3 Å². The second-order valence-electron chi connectivity index (χ2n) is 7.27. The molecule has 0 spiro atoms. The van der Waals surface area contributed by atoms with E-state index in [1.807, 2.05) is 5.38 Å². The van der Waals surface area contributed by atoms with E-state index >= 15 is 0 Å². The second-order valence-corrected chi connectivity index (χ2v) is 8.12. The van der Waals surface area contributed by atoms with Crippen molar-refractivity contribution in [2.75, 3.05) is 33.2 Å². The summed E-state index contributed by atoms with van der Waals surface area (Å²) in [6.45, 7) is 2.48. The Morgan fingerprint density at radius 2 is 1.87 bits per heavy atom. The summed E-state index contributed by atoms with van der Waals surface area (Å²) in [4.78, 5) is 19.4. The fraction of sp³-hybridized carbons (Fsp3) is 0.304. The lowest BCUT2D eigenvalue weighted by Crippen LogP contribution is -2.30. The van der Waals surface area contributed by atoms with Gasteiger partial charge in [-0.25, -0.2) is 4.98 Å². The summed E-state index contributed by atoms with van der Waals surface area (Å²) in [6, 6.07) is 11.2. The van der Waals surface area contributed by atoms with Crippen LogP contribution >= 0.6 is 11.3 Å². The van der Waals surface area contributed by atoms with E-state index in [4.69, 9.17) is 14.2 Å². The minimum absolute atomic E-state index is 0.201. The van der Waals surface area contributed by atoms with Gasteiger partial charge in [-0.05, 0) is 47.9 Å². The molecule has 1 N–H and O–H groups in total. The van der Waals surface area contributed by atoms with Crippen LogP contribution in [0.2, 0.25) is 0 Å². The number of fused-ring (bicyclic) bond motifs is 1. The molecule has 0 saturated carbocycles. The molecule has 1 aromatic heterocycles. The number of carbonyl (C=O) groups is 1. The molecule has 162 valence electrons. The predicted molar refractivity (Wildman–Crippen MR) is 120 cm³/mol. The maximum atomic E-state index is 12.5. The topological polar surface area (TPSA) is 72.9 Å². The molecule has 1 aliphatic heterocycles. The van der Waals surface area contributed by atoms with Crippen molar-refractivity contribution in [1.82, 2.24) is 9.88 Å². The van der Waals surface area contributed by atoms with Crippen LogP contribution in [-0.4, -0.2) is 43.7 Å². The van der Waals surface area contributed by atoms with Gasteiger partial charge in [0.05, 0.1) is 27.0 Å². The van der Waals surface area contributed by atoms with Gasteiger partial charge in [-0.15, -0.1) is 11.3 Å². The van der Waals surface area contributed by atoms with Crippen LogP contribution in [0.15, 0.2) is 41.8 Å². The summed E-state index contributed by atoms with van der Waals surface area (Å²) in [5.41, 5.74) is 4.01. The molecule has 0 radical (unpaired) electrons. The molecule has 0 bridgehead atoms. The second kappa shape index (κ2) is 9.36. The minimum Gasteiger partial charge on any atom is -0.497 e. The Balaban J connectivity index is 1.40. The van der Waals surface area contributed by atoms with Crippen LogP contribution in [0.25, 0.3) is 0 Å². The van der Waals surface area contributed by atoms with Crippen molar-refractivity contribution < 1.29 is 19.0 Å². The number of thiazole rings is 1. The first-order valence-corrected chi connectivity index (χ1v) is 10.8. The molecule has 0 unspecified atom stereocenters. The highest BCUT2D eigenvalue weighted by atomic mass is 32.1. The third-order valence-corrected chi connectivity index (χ3v) is 6.09. The summed E-state index contributed by atoms with van der Waals surface area (Å²) in [6.07, 6.45) is 0.944. The number of hydrogen-bond donors (Lipinski definition) is 1. The maximum Gasteiger partial charge on any atom is 0.257 e. The zero-order chi connectivity index (χ0) is 21.8. The smallest absolute Gasteiger partial charge is 0.257 e. The van der Waals surface area contributed by atoms with Crippen molar-refractivity contribution >= 4 is 22.4 Å². The van der Waals surface area contributed by atoms with Gasteiger partial charge in [0.2, 0.25) is 0 Å². The normalized spacial score (nSPS) is 13.4. The van der Waals surface area contributed by atoms with Gasteiger partial charge in [0.15, 0.2) is 16.6 Å². The summed E-state index contributed by atoms with van der Waals surface area (Å²) in [7, 11) is 4.89. The van der Waals surface area contributed by atoms with Crippen LogP contribution in [0.3, 0.4) is 0 Å². The van der Waals surface area contributed by atoms with Crippen LogP contribution in [0.5, 0.6) is 17.2 Å². The largest absolute Gasteiger partial charge is 0.497 e. The number of rotatable bonds is 7. The monoisotopic (exact) mass is 439 g/mol. The Hall–Kier alpha value is -3.10. The van der Waals surface area contributed by atoms with Crippen LogP contribution < -0.4 is 19.5 Å². The van der Waals surface area contributed by atoms with Gasteiger partial charge in [-0.2, -0.15) is 0 Å². The molecular weight excluding hydrogens is 414 g/mol. The van der Waals surface area contributed by atoms with Gasteiger partial charge in [-0.3, -0.25) is 15.0 Å². The van der Waals surface area contributed by atoms with Crippen molar-refractivity contribution in [3.8, 4) is 17.2 Å². The van der Waals surface area contributed by atoms with Crippen molar-refractivity contribution in [1.29, 1.82) is 0 Å². The minimum atomic E-state index is -0.201. The molecule has 3 aromatic rings. The number of nitrogens with zero attached hydrogens (tertiary/aromatic N) is 2. The predicted octanol–water partition coefficient (Wildman–Crippen LogP) is 3.98. The first kappa shape index (κ1) is 21.1. The number of aromatic nitrogens is 1. The van der Waals surface area contributed by atoms with Crippen LogP contribution in [0.4, 0.5) is 5.13 Å². The van der Waals surface area contributed by atoms with Gasteiger partial charge in [0.25, 0.3) is 5.91 Å². The SMILES string of the molecule is COc1cccc(C(=O)Nc2nc(CN3CCc4cc(OC)c(OC)cc4C3)cs2)c1. The van der Waals surface area contributed by atoms with E-state index < -0.39 is 0 Å². The molecule has 0 saturated heterocycles. The van der Waals surface area contributed by atoms with E-state index in [-0.39, 0.29) is 5.91 Å². The van der Waals surface area contributed by atoms with Crippen LogP contribution in [0, 0.1) is 0 Å². The lowest BCUT2D eigenvalue weighted by molar-refractivity contribution is 0.102. The molecule has 0 aliphatic carbocycles. The number of nitrogens with one attached hydrogen (secondary N) is 1. The number of methoxy groups -OCH3 is 3. The average Bonchev–Trinajstić information content (AvgIpc) is 3.24. The Labute approximate surface area is 185 Å². The Bertz CT molecular complexity index is 1080. The molecule has 1 amide bonds. The molecule has 2 heterocycles. The average molecular weight is 440 g/mol. The van der Waals surface area contributed by atoms with Crippen LogP contribution in [-0.2, 0) is 19.5 Å². The lowest BCUT2D eigenvalue weighted by Gasteiger charge is -2.29. The summed E-state index contributed by atoms with van der Waals surface area (Å²) in [5, 5.41) is 5.46. The standard InChI is InChI=1S/C23H25N3O4S/c1-28-19-6-4-5-16(9-19)22(27)25-23-24-18(14-31-23)13-26-8-7-15-10-20(29-2)21(30-3)11-17(15)12-26/h4-6,9-11,14H,7-8,12-13H2,1-3H3,(H,24,25,27). The number of amides is 1. The molecule has 31 heavy (non-hydrogen) atoms. The summed E-state index contributed by atoms with van der Waals surface area (Å²) < 4.78 is 16.0. The van der Waals surface area contributed by atoms with Crippen molar-refractivity contribution in [2.45, 2.75) is 19.5 Å². The van der Waals surface area contributed by atoms with E-state index in [1.54, 1.807) is 45.6 Å². The molecule has 1 aliphatic rings. The number of hydrogen-bond acceptors (Lipinski definition) is 7. The zero-order valence-corrected chi connectivity index (χ0v) is 18.6. The van der Waals surface area contributed by atoms with Crippen molar-refractivity contribution in [2.24, 2.45) is 0 Å². The Morgan fingerprint density at radius 1 is 1.10 bits per heavy atom. The van der Waals surface area contributed by atoms with E-state index in [1.165, 1.54) is 22.5 Å². The summed E-state index contributed by atoms with van der Waals surface area (Å²) >= 11 is 1.43. The molecule has 8 heteroatoms. The molecule has 7 nitrogen and oxygen atoms in total. The molecule has 4 rings (SSSR count). The van der Waals surface area contributed by atoms with Crippen LogP contribution in [0.1, 0.15) is 27.2 Å². The lowest BCUT2D eigenvalue weighted by atomic mass is 9.98. The molecule has 0 atom stereocenters. The Morgan fingerprint density at radius 3 is 2.61 bits per heavy atom. The first-order valence-electron chi connectivity index (χ1n) is 9.95. The van der Waals surface area contributed by atoms with E-state index in [9.17, 15) is 4.79 Å². The van der Waals surface area contributed by atoms with Gasteiger partial charge >= 0.3 is 0 Å². The maximum absolute atomic E-state index is 12.5. The fourth-order valence-corrected chi connectivity index (χ4v) is 4.37. The number of ether oxygens (including phenoxy) is 3. The Kier molecular flexibility index (Phi) is 6.39. The van der Waals surface area contributed by atoms with E-state index in [0.717, 1.165) is 43.2 Å². The molecule has 2 aromatic carbocycles. The van der Waals surface area contributed by atoms with E-state index in [0.29, 0.717) is 16.4 Å². The first-order chi connectivity index (χ1) is 15.1. The molecular formula is C23H25N3O4S. The van der Waals surface area contributed by atoms with Gasteiger partial charge in [0, 0.05) is 30.6 Å². The quantitative estimate of drug-likeness (QED) is 0.600.